The Kier molecular flexibility index (Phi) is 3.57. The van der Waals surface area contributed by atoms with Crippen LogP contribution in [0, 0.1) is 11.8 Å². The van der Waals surface area contributed by atoms with E-state index in [2.05, 4.69) is 11.8 Å². The number of carbonyl (C=O) groups is 1. The van der Waals surface area contributed by atoms with Crippen molar-refractivity contribution in [1.29, 1.82) is 0 Å². The maximum atomic E-state index is 10.4. The molecule has 0 unspecified atom stereocenters. The maximum absolute atomic E-state index is 10.4. The number of amides is 1. The van der Waals surface area contributed by atoms with Crippen molar-refractivity contribution in [1.82, 2.24) is 0 Å². The van der Waals surface area contributed by atoms with Crippen LogP contribution in [0.1, 0.15) is 12.0 Å². The first-order valence-corrected chi connectivity index (χ1v) is 4.14. The fraction of sp³-hybridized carbons (Fsp3) is 0.182. The van der Waals surface area contributed by atoms with Crippen LogP contribution in [-0.4, -0.2) is 13.0 Å². The maximum Gasteiger partial charge on any atom is 0.229 e. The number of primary amides is 1. The summed E-state index contributed by atoms with van der Waals surface area (Å²) < 4.78 is 5.08. The first kappa shape index (κ1) is 10.1. The van der Waals surface area contributed by atoms with Gasteiger partial charge in [-0.3, -0.25) is 4.79 Å². The molecule has 1 aromatic carbocycles. The quantitative estimate of drug-likeness (QED) is 0.703. The van der Waals surface area contributed by atoms with E-state index in [1.54, 1.807) is 7.11 Å². The van der Waals surface area contributed by atoms with Crippen LogP contribution in [0.3, 0.4) is 0 Å². The van der Waals surface area contributed by atoms with Crippen molar-refractivity contribution in [3.8, 4) is 17.6 Å². The van der Waals surface area contributed by atoms with Gasteiger partial charge in [0.1, 0.15) is 5.75 Å². The summed E-state index contributed by atoms with van der Waals surface area (Å²) in [5, 5.41) is 0. The van der Waals surface area contributed by atoms with Gasteiger partial charge in [0, 0.05) is 0 Å². The summed E-state index contributed by atoms with van der Waals surface area (Å²) in [4.78, 5) is 10.4. The molecule has 3 heteroatoms. The lowest BCUT2D eigenvalue weighted by molar-refractivity contribution is -0.117. The number of rotatable bonds is 2. The fourth-order valence-electron chi connectivity index (χ4n) is 0.974. The van der Waals surface area contributed by atoms with E-state index in [4.69, 9.17) is 10.5 Å². The monoisotopic (exact) mass is 189 g/mol. The number of methoxy groups -OCH3 is 1. The van der Waals surface area contributed by atoms with E-state index in [1.165, 1.54) is 0 Å². The van der Waals surface area contributed by atoms with Crippen LogP contribution < -0.4 is 10.5 Å². The zero-order chi connectivity index (χ0) is 10.4. The van der Waals surface area contributed by atoms with Crippen LogP contribution in [-0.2, 0) is 4.79 Å². The first-order chi connectivity index (χ1) is 6.74. The number of hydrogen-bond donors (Lipinski definition) is 1. The van der Waals surface area contributed by atoms with Crippen LogP contribution in [0.25, 0.3) is 0 Å². The second-order valence-corrected chi connectivity index (χ2v) is 2.65. The van der Waals surface area contributed by atoms with Crippen molar-refractivity contribution < 1.29 is 9.53 Å². The molecule has 14 heavy (non-hydrogen) atoms. The van der Waals surface area contributed by atoms with E-state index in [9.17, 15) is 4.79 Å². The molecular weight excluding hydrogens is 178 g/mol. The Hall–Kier alpha value is -1.95. The molecule has 0 heterocycles. The SMILES string of the molecule is COc1ccccc1C#CCC(N)=O. The van der Waals surface area contributed by atoms with Crippen molar-refractivity contribution >= 4 is 5.91 Å². The Balaban J connectivity index is 2.83. The topological polar surface area (TPSA) is 52.3 Å². The smallest absolute Gasteiger partial charge is 0.229 e. The number of benzene rings is 1. The van der Waals surface area contributed by atoms with E-state index in [1.807, 2.05) is 24.3 Å². The van der Waals surface area contributed by atoms with Crippen LogP contribution in [0.4, 0.5) is 0 Å². The Morgan fingerprint density at radius 2 is 2.21 bits per heavy atom. The third-order valence-electron chi connectivity index (χ3n) is 1.59. The Morgan fingerprint density at radius 3 is 2.86 bits per heavy atom. The lowest BCUT2D eigenvalue weighted by Gasteiger charge is -2.00. The third kappa shape index (κ3) is 2.83. The Bertz CT molecular complexity index is 388. The van der Waals surface area contributed by atoms with Gasteiger partial charge in [-0.1, -0.05) is 24.0 Å². The number of nitrogens with two attached hydrogens (primary N) is 1. The van der Waals surface area contributed by atoms with Gasteiger partial charge < -0.3 is 10.5 Å². The van der Waals surface area contributed by atoms with Crippen molar-refractivity contribution in [2.45, 2.75) is 6.42 Å². The predicted molar refractivity (Wildman–Crippen MR) is 53.7 cm³/mol. The summed E-state index contributed by atoms with van der Waals surface area (Å²) in [6, 6.07) is 7.36. The predicted octanol–water partition coefficient (Wildman–Crippen LogP) is 0.922. The van der Waals surface area contributed by atoms with Crippen LogP contribution in [0.5, 0.6) is 5.75 Å². The number of carbonyl (C=O) groups excluding carboxylic acids is 1. The van der Waals surface area contributed by atoms with Crippen LogP contribution in [0.2, 0.25) is 0 Å². The highest BCUT2D eigenvalue weighted by Crippen LogP contribution is 2.15. The highest BCUT2D eigenvalue weighted by molar-refractivity contribution is 5.76. The minimum absolute atomic E-state index is 0.0675. The molecule has 0 saturated carbocycles. The largest absolute Gasteiger partial charge is 0.495 e. The summed E-state index contributed by atoms with van der Waals surface area (Å²) in [6.07, 6.45) is 0.0675. The number of ether oxygens (including phenoxy) is 1. The molecule has 0 bridgehead atoms. The normalized spacial score (nSPS) is 8.64. The number of hydrogen-bond acceptors (Lipinski definition) is 2. The molecule has 0 aliphatic heterocycles. The van der Waals surface area contributed by atoms with Gasteiger partial charge in [0.2, 0.25) is 5.91 Å². The summed E-state index contributed by atoms with van der Waals surface area (Å²) in [7, 11) is 1.58. The van der Waals surface area contributed by atoms with Crippen molar-refractivity contribution in [2.75, 3.05) is 7.11 Å². The van der Waals surface area contributed by atoms with E-state index >= 15 is 0 Å². The molecule has 0 fully saturated rings. The van der Waals surface area contributed by atoms with Gasteiger partial charge >= 0.3 is 0 Å². The highest BCUT2D eigenvalue weighted by Gasteiger charge is 1.96. The van der Waals surface area contributed by atoms with Gasteiger partial charge in [-0.2, -0.15) is 0 Å². The van der Waals surface area contributed by atoms with E-state index < -0.39 is 5.91 Å². The van der Waals surface area contributed by atoms with E-state index in [-0.39, 0.29) is 6.42 Å². The van der Waals surface area contributed by atoms with Gasteiger partial charge in [0.05, 0.1) is 19.1 Å². The molecule has 0 spiro atoms. The Labute approximate surface area is 82.9 Å². The van der Waals surface area contributed by atoms with Gasteiger partial charge in [0.25, 0.3) is 0 Å². The lowest BCUT2D eigenvalue weighted by Crippen LogP contribution is -2.08. The highest BCUT2D eigenvalue weighted by atomic mass is 16.5. The second-order valence-electron chi connectivity index (χ2n) is 2.65. The summed E-state index contributed by atoms with van der Waals surface area (Å²) in [5.41, 5.74) is 5.71. The number of para-hydroxylation sites is 1. The van der Waals surface area contributed by atoms with Crippen molar-refractivity contribution in [2.24, 2.45) is 5.73 Å². The summed E-state index contributed by atoms with van der Waals surface area (Å²) >= 11 is 0. The third-order valence-corrected chi connectivity index (χ3v) is 1.59. The van der Waals surface area contributed by atoms with Gasteiger partial charge in [-0.25, -0.2) is 0 Å². The fourth-order valence-corrected chi connectivity index (χ4v) is 0.974. The minimum atomic E-state index is -0.424. The molecule has 0 aliphatic carbocycles. The zero-order valence-electron chi connectivity index (χ0n) is 7.91. The molecule has 1 rings (SSSR count). The molecule has 0 aromatic heterocycles. The second kappa shape index (κ2) is 4.93. The van der Waals surface area contributed by atoms with Gasteiger partial charge in [-0.15, -0.1) is 0 Å². The lowest BCUT2D eigenvalue weighted by atomic mass is 10.2. The molecule has 0 atom stereocenters. The van der Waals surface area contributed by atoms with Crippen LogP contribution in [0.15, 0.2) is 24.3 Å². The molecule has 0 aliphatic rings. The standard InChI is InChI=1S/C11H11NO2/c1-14-10-7-3-2-5-9(10)6-4-8-11(12)13/h2-3,5,7H,8H2,1H3,(H2,12,13). The van der Waals surface area contributed by atoms with Gasteiger partial charge in [0.15, 0.2) is 0 Å². The molecular formula is C11H11NO2. The summed E-state index contributed by atoms with van der Waals surface area (Å²) in [5.74, 6) is 5.77. The van der Waals surface area contributed by atoms with Crippen molar-refractivity contribution in [3.05, 3.63) is 29.8 Å². The molecule has 1 amide bonds. The molecule has 0 saturated heterocycles. The molecule has 2 N–H and O–H groups in total. The minimum Gasteiger partial charge on any atom is -0.495 e. The van der Waals surface area contributed by atoms with Gasteiger partial charge in [-0.05, 0) is 12.1 Å². The summed E-state index contributed by atoms with van der Waals surface area (Å²) in [6.45, 7) is 0. The zero-order valence-corrected chi connectivity index (χ0v) is 7.91. The molecule has 72 valence electrons. The average molecular weight is 189 g/mol. The first-order valence-electron chi connectivity index (χ1n) is 4.14. The van der Waals surface area contributed by atoms with E-state index in [0.29, 0.717) is 5.75 Å². The molecule has 0 radical (unpaired) electrons. The van der Waals surface area contributed by atoms with Crippen LogP contribution >= 0.6 is 0 Å². The molecule has 3 nitrogen and oxygen atoms in total. The average Bonchev–Trinajstić information content (AvgIpc) is 2.18. The Morgan fingerprint density at radius 1 is 1.50 bits per heavy atom. The molecule has 1 aromatic rings. The van der Waals surface area contributed by atoms with E-state index in [0.717, 1.165) is 5.56 Å². The van der Waals surface area contributed by atoms with Crippen molar-refractivity contribution in [3.63, 3.8) is 0 Å².